The van der Waals surface area contributed by atoms with Crippen molar-refractivity contribution in [3.63, 3.8) is 0 Å². The number of likely N-dealkylation sites (N-methyl/N-ethyl adjacent to an activating group) is 1. The molecule has 1 amide bonds. The first-order valence-electron chi connectivity index (χ1n) is 29.7. The number of quaternary nitrogens is 1. The highest BCUT2D eigenvalue weighted by molar-refractivity contribution is 7.47. The van der Waals surface area contributed by atoms with Gasteiger partial charge in [-0.15, -0.1) is 0 Å². The maximum Gasteiger partial charge on any atom is 0.472 e. The Bertz CT molecular complexity index is 1320. The Morgan fingerprint density at radius 3 is 1.13 bits per heavy atom. The van der Waals surface area contributed by atoms with Gasteiger partial charge in [0.1, 0.15) is 13.2 Å². The van der Waals surface area contributed by atoms with Crippen LogP contribution in [-0.2, 0) is 18.4 Å². The molecule has 0 saturated heterocycles. The molecule has 9 heteroatoms. The fourth-order valence-corrected chi connectivity index (χ4v) is 9.44. The smallest absolute Gasteiger partial charge is 0.391 e. The minimum absolute atomic E-state index is 0.0562. The molecule has 3 unspecified atom stereocenters. The minimum Gasteiger partial charge on any atom is -0.391 e. The lowest BCUT2D eigenvalue weighted by molar-refractivity contribution is -0.870. The molecule has 3 atom stereocenters. The van der Waals surface area contributed by atoms with Crippen LogP contribution in [0.3, 0.4) is 0 Å². The van der Waals surface area contributed by atoms with Gasteiger partial charge in [-0.3, -0.25) is 13.8 Å². The van der Waals surface area contributed by atoms with Crippen LogP contribution in [0.4, 0.5) is 0 Å². The first kappa shape index (κ1) is 68.2. The van der Waals surface area contributed by atoms with Gasteiger partial charge in [-0.25, -0.2) is 4.57 Å². The molecule has 0 spiro atoms. The molecule has 0 rings (SSSR count). The summed E-state index contributed by atoms with van der Waals surface area (Å²) in [6, 6.07) is -0.818. The van der Waals surface area contributed by atoms with Gasteiger partial charge in [0.2, 0.25) is 5.91 Å². The lowest BCUT2D eigenvalue weighted by atomic mass is 10.0. The van der Waals surface area contributed by atoms with Crippen LogP contribution in [0.5, 0.6) is 0 Å². The van der Waals surface area contributed by atoms with E-state index >= 15 is 0 Å². The number of hydrogen-bond donors (Lipinski definition) is 3. The highest BCUT2D eigenvalue weighted by Gasteiger charge is 2.28. The van der Waals surface area contributed by atoms with Crippen molar-refractivity contribution >= 4 is 13.7 Å². The number of nitrogens with one attached hydrogen (secondary N) is 1. The number of amides is 1. The average Bonchev–Trinajstić information content (AvgIpc) is 3.32. The summed E-state index contributed by atoms with van der Waals surface area (Å²) < 4.78 is 23.7. The topological polar surface area (TPSA) is 105 Å². The third kappa shape index (κ3) is 54.0. The third-order valence-corrected chi connectivity index (χ3v) is 14.3. The predicted molar refractivity (Wildman–Crippen MR) is 304 cm³/mol. The lowest BCUT2D eigenvalue weighted by Gasteiger charge is -2.26. The number of aliphatic hydroxyl groups is 1. The van der Waals surface area contributed by atoms with Crippen molar-refractivity contribution < 1.29 is 32.9 Å². The van der Waals surface area contributed by atoms with E-state index in [2.05, 4.69) is 67.8 Å². The second kappa shape index (κ2) is 52.1. The largest absolute Gasteiger partial charge is 0.472 e. The number of rotatable bonds is 54. The maximum absolute atomic E-state index is 12.9. The van der Waals surface area contributed by atoms with E-state index in [0.29, 0.717) is 17.4 Å². The second-order valence-electron chi connectivity index (χ2n) is 21.4. The van der Waals surface area contributed by atoms with E-state index in [1.807, 2.05) is 33.3 Å². The second-order valence-corrected chi connectivity index (χ2v) is 22.8. The molecule has 0 heterocycles. The normalized spacial score (nSPS) is 14.3. The van der Waals surface area contributed by atoms with Gasteiger partial charge in [0.25, 0.3) is 0 Å². The fourth-order valence-electron chi connectivity index (χ4n) is 8.71. The molecular weight excluding hydrogens is 888 g/mol. The molecule has 0 radical (unpaired) electrons. The SMILES string of the molecule is CC/C=C\C/C=C\C/C=C\C/C=C\C/C=C\CC(=O)NC(COP(=O)(O)OCC[N+](C)(C)C)C(O)CCCCCCCCCCCCCCCCCCCCCCCCCCCCCCCCCCC. The molecule has 3 N–H and O–H groups in total. The van der Waals surface area contributed by atoms with Gasteiger partial charge in [0, 0.05) is 6.42 Å². The zero-order valence-corrected chi connectivity index (χ0v) is 47.7. The molecule has 0 aliphatic heterocycles. The van der Waals surface area contributed by atoms with Gasteiger partial charge in [0.05, 0.1) is 39.9 Å². The number of phosphoric ester groups is 1. The summed E-state index contributed by atoms with van der Waals surface area (Å²) in [6.07, 6.45) is 70.6. The third-order valence-electron chi connectivity index (χ3n) is 13.3. The van der Waals surface area contributed by atoms with Crippen molar-refractivity contribution in [1.29, 1.82) is 0 Å². The average molecular weight is 1000 g/mol. The Morgan fingerprint density at radius 1 is 0.486 bits per heavy atom. The Kier molecular flexibility index (Phi) is 50.7. The molecule has 70 heavy (non-hydrogen) atoms. The number of hydrogen-bond acceptors (Lipinski definition) is 5. The summed E-state index contributed by atoms with van der Waals surface area (Å²) >= 11 is 0. The number of carbonyl (C=O) groups is 1. The van der Waals surface area contributed by atoms with E-state index < -0.39 is 20.0 Å². The van der Waals surface area contributed by atoms with E-state index in [0.717, 1.165) is 51.4 Å². The minimum atomic E-state index is -4.35. The van der Waals surface area contributed by atoms with Crippen LogP contribution in [0, 0.1) is 0 Å². The summed E-state index contributed by atoms with van der Waals surface area (Å²) in [7, 11) is 1.56. The van der Waals surface area contributed by atoms with Crippen LogP contribution in [0.2, 0.25) is 0 Å². The van der Waals surface area contributed by atoms with Gasteiger partial charge in [-0.05, 0) is 38.5 Å². The van der Waals surface area contributed by atoms with Gasteiger partial charge < -0.3 is 19.8 Å². The van der Waals surface area contributed by atoms with Crippen molar-refractivity contribution in [2.45, 2.75) is 283 Å². The van der Waals surface area contributed by atoms with Crippen molar-refractivity contribution in [2.24, 2.45) is 0 Å². The predicted octanol–water partition coefficient (Wildman–Crippen LogP) is 18.1. The van der Waals surface area contributed by atoms with E-state index in [1.165, 1.54) is 193 Å². The Morgan fingerprint density at radius 2 is 0.800 bits per heavy atom. The highest BCUT2D eigenvalue weighted by Crippen LogP contribution is 2.43. The van der Waals surface area contributed by atoms with Crippen LogP contribution in [-0.4, -0.2) is 73.4 Å². The van der Waals surface area contributed by atoms with Crippen LogP contribution in [0.15, 0.2) is 60.8 Å². The van der Waals surface area contributed by atoms with Crippen LogP contribution in [0.1, 0.15) is 271 Å². The number of carbonyl (C=O) groups excluding carboxylic acids is 1. The Hall–Kier alpha value is -1.80. The van der Waals surface area contributed by atoms with Gasteiger partial charge in [-0.2, -0.15) is 0 Å². The monoisotopic (exact) mass is 1000 g/mol. The van der Waals surface area contributed by atoms with Gasteiger partial charge in [-0.1, -0.05) is 286 Å². The number of aliphatic hydroxyl groups excluding tert-OH is 1. The van der Waals surface area contributed by atoms with Crippen molar-refractivity contribution in [3.05, 3.63) is 60.8 Å². The summed E-state index contributed by atoms with van der Waals surface area (Å²) in [5, 5.41) is 14.0. The Labute approximate surface area is 434 Å². The Balaban J connectivity index is 4.06. The molecule has 410 valence electrons. The molecule has 0 aromatic rings. The zero-order chi connectivity index (χ0) is 51.3. The lowest BCUT2D eigenvalue weighted by Crippen LogP contribution is -2.46. The van der Waals surface area contributed by atoms with Gasteiger partial charge in [0.15, 0.2) is 0 Å². The number of allylic oxidation sites excluding steroid dienone is 9. The standard InChI is InChI=1S/C61H115N2O6P/c1-6-8-10-12-14-16-18-20-22-23-24-25-26-27-28-29-30-31-32-33-34-35-36-37-38-39-41-42-44-46-48-50-52-54-60(64)59(58-69-70(66,67)68-57-56-63(3,4)5)62-61(65)55-53-51-49-47-45-43-40-21-19-17-15-13-11-9-7-2/h9,11,15,17,21,40,45,47,51,53,59-60,64H,6-8,10,12-14,16,18-20,22-39,41-44,46,48-50,52,54-58H2,1-5H3,(H-,62,65,66,67)/p+1/b11-9-,17-15-,40-21-,47-45-,53-51-. The molecular formula is C61H116N2O6P+. The molecule has 0 fully saturated rings. The fraction of sp³-hybridized carbons (Fsp3) is 0.820. The van der Waals surface area contributed by atoms with Crippen molar-refractivity contribution in [1.82, 2.24) is 5.32 Å². The molecule has 0 aliphatic carbocycles. The summed E-state index contributed by atoms with van der Waals surface area (Å²) in [6.45, 7) is 4.72. The van der Waals surface area contributed by atoms with Crippen LogP contribution in [0.25, 0.3) is 0 Å². The quantitative estimate of drug-likeness (QED) is 0.0243. The summed E-state index contributed by atoms with van der Waals surface area (Å²) in [5.74, 6) is -0.269. The van der Waals surface area contributed by atoms with Crippen molar-refractivity contribution in [2.75, 3.05) is 40.9 Å². The van der Waals surface area contributed by atoms with Crippen LogP contribution < -0.4 is 5.32 Å². The maximum atomic E-state index is 12.9. The van der Waals surface area contributed by atoms with E-state index in [-0.39, 0.29) is 25.5 Å². The first-order valence-corrected chi connectivity index (χ1v) is 31.1. The molecule has 8 nitrogen and oxygen atoms in total. The van der Waals surface area contributed by atoms with Gasteiger partial charge >= 0.3 is 7.82 Å². The van der Waals surface area contributed by atoms with E-state index in [1.54, 1.807) is 0 Å². The summed E-state index contributed by atoms with van der Waals surface area (Å²) in [5.41, 5.74) is 0. The summed E-state index contributed by atoms with van der Waals surface area (Å²) in [4.78, 5) is 23.2. The van der Waals surface area contributed by atoms with Crippen LogP contribution >= 0.6 is 7.82 Å². The number of nitrogens with zero attached hydrogens (tertiary/aromatic N) is 1. The molecule has 0 aromatic carbocycles. The number of unbranched alkanes of at least 4 members (excludes halogenated alkanes) is 32. The zero-order valence-electron chi connectivity index (χ0n) is 46.8. The molecule has 0 bridgehead atoms. The van der Waals surface area contributed by atoms with E-state index in [4.69, 9.17) is 9.05 Å². The molecule has 0 aromatic heterocycles. The van der Waals surface area contributed by atoms with E-state index in [9.17, 15) is 19.4 Å². The molecule has 0 saturated carbocycles. The highest BCUT2D eigenvalue weighted by atomic mass is 31.2. The molecule has 0 aliphatic rings. The first-order chi connectivity index (χ1) is 34.0. The number of phosphoric acid groups is 1. The van der Waals surface area contributed by atoms with Crippen molar-refractivity contribution in [3.8, 4) is 0 Å².